The molecule has 2 heterocycles. The van der Waals surface area contributed by atoms with Crippen LogP contribution in [0.25, 0.3) is 16.9 Å². The molecule has 5 heteroatoms. The standard InChI is InChI=1S/C12H8IN3O/c13-11-7-16-6-10(15-12(16)5-14-11)8-1-3-9(17)4-2-8/h1-7,17H. The molecule has 0 spiro atoms. The van der Waals surface area contributed by atoms with Crippen LogP contribution < -0.4 is 0 Å². The van der Waals surface area contributed by atoms with E-state index in [1.807, 2.05) is 28.9 Å². The van der Waals surface area contributed by atoms with Crippen molar-refractivity contribution in [3.05, 3.63) is 46.6 Å². The van der Waals surface area contributed by atoms with Gasteiger partial charge in [0.05, 0.1) is 11.9 Å². The van der Waals surface area contributed by atoms with E-state index in [4.69, 9.17) is 0 Å². The quantitative estimate of drug-likeness (QED) is 0.695. The van der Waals surface area contributed by atoms with Crippen molar-refractivity contribution in [2.75, 3.05) is 0 Å². The molecule has 0 aliphatic carbocycles. The summed E-state index contributed by atoms with van der Waals surface area (Å²) in [5.41, 5.74) is 2.66. The van der Waals surface area contributed by atoms with Crippen molar-refractivity contribution >= 4 is 28.2 Å². The van der Waals surface area contributed by atoms with Gasteiger partial charge in [-0.15, -0.1) is 0 Å². The van der Waals surface area contributed by atoms with E-state index in [-0.39, 0.29) is 5.75 Å². The smallest absolute Gasteiger partial charge is 0.156 e. The summed E-state index contributed by atoms with van der Waals surface area (Å²) in [5, 5.41) is 9.24. The summed E-state index contributed by atoms with van der Waals surface area (Å²) in [6.07, 6.45) is 5.62. The molecule has 3 aromatic rings. The summed E-state index contributed by atoms with van der Waals surface area (Å²) in [7, 11) is 0. The van der Waals surface area contributed by atoms with Crippen molar-refractivity contribution in [2.24, 2.45) is 0 Å². The van der Waals surface area contributed by atoms with Crippen molar-refractivity contribution in [1.29, 1.82) is 0 Å². The van der Waals surface area contributed by atoms with E-state index in [2.05, 4.69) is 32.6 Å². The number of phenols is 1. The summed E-state index contributed by atoms with van der Waals surface area (Å²) in [5.74, 6) is 0.258. The fourth-order valence-corrected chi connectivity index (χ4v) is 2.08. The number of nitrogens with zero attached hydrogens (tertiary/aromatic N) is 3. The second kappa shape index (κ2) is 3.99. The molecule has 0 saturated carbocycles. The van der Waals surface area contributed by atoms with Crippen molar-refractivity contribution in [3.8, 4) is 17.0 Å². The Morgan fingerprint density at radius 2 is 1.88 bits per heavy atom. The van der Waals surface area contributed by atoms with E-state index in [0.29, 0.717) is 0 Å². The van der Waals surface area contributed by atoms with Gasteiger partial charge in [0, 0.05) is 18.0 Å². The number of aromatic hydroxyl groups is 1. The van der Waals surface area contributed by atoms with Crippen LogP contribution >= 0.6 is 22.6 Å². The Labute approximate surface area is 111 Å². The summed E-state index contributed by atoms with van der Waals surface area (Å²) < 4.78 is 2.86. The van der Waals surface area contributed by atoms with E-state index in [9.17, 15) is 5.11 Å². The van der Waals surface area contributed by atoms with Gasteiger partial charge in [-0.1, -0.05) is 0 Å². The van der Waals surface area contributed by atoms with Gasteiger partial charge in [0.25, 0.3) is 0 Å². The van der Waals surface area contributed by atoms with E-state index in [0.717, 1.165) is 20.6 Å². The minimum Gasteiger partial charge on any atom is -0.508 e. The zero-order valence-electron chi connectivity index (χ0n) is 8.71. The summed E-state index contributed by atoms with van der Waals surface area (Å²) >= 11 is 2.16. The zero-order valence-corrected chi connectivity index (χ0v) is 10.9. The lowest BCUT2D eigenvalue weighted by molar-refractivity contribution is 0.475. The molecule has 4 nitrogen and oxygen atoms in total. The topological polar surface area (TPSA) is 50.4 Å². The van der Waals surface area contributed by atoms with Gasteiger partial charge in [-0.25, -0.2) is 9.97 Å². The van der Waals surface area contributed by atoms with E-state index < -0.39 is 0 Å². The van der Waals surface area contributed by atoms with Gasteiger partial charge in [0.2, 0.25) is 0 Å². The van der Waals surface area contributed by atoms with Crippen molar-refractivity contribution in [1.82, 2.24) is 14.4 Å². The largest absolute Gasteiger partial charge is 0.508 e. The first-order chi connectivity index (χ1) is 8.22. The third-order valence-electron chi connectivity index (χ3n) is 2.47. The molecular weight excluding hydrogens is 329 g/mol. The van der Waals surface area contributed by atoms with Gasteiger partial charge >= 0.3 is 0 Å². The summed E-state index contributed by atoms with van der Waals surface area (Å²) in [4.78, 5) is 8.66. The first-order valence-electron chi connectivity index (χ1n) is 5.02. The number of aromatic nitrogens is 3. The number of imidazole rings is 1. The molecule has 1 aromatic carbocycles. The van der Waals surface area contributed by atoms with Crippen LogP contribution in [0.1, 0.15) is 0 Å². The fourth-order valence-electron chi connectivity index (χ4n) is 1.65. The minimum absolute atomic E-state index is 0.258. The molecule has 0 aliphatic heterocycles. The fraction of sp³-hybridized carbons (Fsp3) is 0. The first-order valence-corrected chi connectivity index (χ1v) is 6.10. The third-order valence-corrected chi connectivity index (χ3v) is 3.03. The number of phenolic OH excluding ortho intramolecular Hbond substituents is 1. The molecule has 3 rings (SSSR count). The summed E-state index contributed by atoms with van der Waals surface area (Å²) in [6, 6.07) is 6.99. The van der Waals surface area contributed by atoms with E-state index >= 15 is 0 Å². The lowest BCUT2D eigenvalue weighted by atomic mass is 10.2. The van der Waals surface area contributed by atoms with Gasteiger partial charge in [0.1, 0.15) is 9.45 Å². The molecule has 0 aliphatic rings. The van der Waals surface area contributed by atoms with Crippen LogP contribution in [-0.4, -0.2) is 19.5 Å². The monoisotopic (exact) mass is 337 g/mol. The second-order valence-electron chi connectivity index (χ2n) is 3.65. The van der Waals surface area contributed by atoms with Crippen molar-refractivity contribution in [3.63, 3.8) is 0 Å². The highest BCUT2D eigenvalue weighted by Crippen LogP contribution is 2.21. The predicted molar refractivity (Wildman–Crippen MR) is 72.8 cm³/mol. The predicted octanol–water partition coefficient (Wildman–Crippen LogP) is 2.71. The van der Waals surface area contributed by atoms with E-state index in [1.54, 1.807) is 18.3 Å². The first kappa shape index (κ1) is 10.5. The normalized spacial score (nSPS) is 10.9. The van der Waals surface area contributed by atoms with Crippen LogP contribution in [0.3, 0.4) is 0 Å². The second-order valence-corrected chi connectivity index (χ2v) is 4.75. The molecule has 1 N–H and O–H groups in total. The maximum Gasteiger partial charge on any atom is 0.156 e. The SMILES string of the molecule is Oc1ccc(-c2cn3cc(I)ncc3n2)cc1. The Kier molecular flexibility index (Phi) is 2.47. The van der Waals surface area contributed by atoms with Gasteiger partial charge in [-0.05, 0) is 46.9 Å². The Hall–Kier alpha value is -1.63. The van der Waals surface area contributed by atoms with Crippen LogP contribution in [-0.2, 0) is 0 Å². The lowest BCUT2D eigenvalue weighted by Crippen LogP contribution is -1.86. The molecule has 17 heavy (non-hydrogen) atoms. The third kappa shape index (κ3) is 1.97. The number of fused-ring (bicyclic) bond motifs is 1. The Morgan fingerprint density at radius 1 is 1.12 bits per heavy atom. The van der Waals surface area contributed by atoms with Crippen molar-refractivity contribution < 1.29 is 5.11 Å². The molecule has 2 aromatic heterocycles. The average molecular weight is 337 g/mol. The Bertz CT molecular complexity index is 676. The van der Waals surface area contributed by atoms with Crippen LogP contribution in [0.2, 0.25) is 0 Å². The van der Waals surface area contributed by atoms with Gasteiger partial charge < -0.3 is 9.51 Å². The van der Waals surface area contributed by atoms with Crippen LogP contribution in [0.4, 0.5) is 0 Å². The highest BCUT2D eigenvalue weighted by molar-refractivity contribution is 14.1. The Morgan fingerprint density at radius 3 is 2.65 bits per heavy atom. The van der Waals surface area contributed by atoms with Gasteiger partial charge in [-0.3, -0.25) is 0 Å². The minimum atomic E-state index is 0.258. The van der Waals surface area contributed by atoms with E-state index in [1.165, 1.54) is 0 Å². The highest BCUT2D eigenvalue weighted by atomic mass is 127. The number of benzene rings is 1. The Balaban J connectivity index is 2.14. The molecule has 0 saturated heterocycles. The van der Waals surface area contributed by atoms with Crippen LogP contribution in [0, 0.1) is 3.70 Å². The number of hydrogen-bond acceptors (Lipinski definition) is 3. The summed E-state index contributed by atoms with van der Waals surface area (Å²) in [6.45, 7) is 0. The average Bonchev–Trinajstić information content (AvgIpc) is 2.72. The number of rotatable bonds is 1. The number of hydrogen-bond donors (Lipinski definition) is 1. The lowest BCUT2D eigenvalue weighted by Gasteiger charge is -1.95. The van der Waals surface area contributed by atoms with Gasteiger partial charge in [0.15, 0.2) is 5.65 Å². The number of halogens is 1. The highest BCUT2D eigenvalue weighted by Gasteiger charge is 2.04. The molecule has 0 bridgehead atoms. The molecule has 0 unspecified atom stereocenters. The molecule has 84 valence electrons. The zero-order chi connectivity index (χ0) is 11.8. The van der Waals surface area contributed by atoms with Gasteiger partial charge in [-0.2, -0.15) is 0 Å². The molecule has 0 radical (unpaired) electrons. The maximum absolute atomic E-state index is 9.24. The molecule has 0 fully saturated rings. The molecule has 0 atom stereocenters. The molecule has 0 amide bonds. The maximum atomic E-state index is 9.24. The van der Waals surface area contributed by atoms with Crippen LogP contribution in [0.5, 0.6) is 5.75 Å². The molecular formula is C12H8IN3O. The van der Waals surface area contributed by atoms with Crippen molar-refractivity contribution in [2.45, 2.75) is 0 Å². The van der Waals surface area contributed by atoms with Crippen LogP contribution in [0.15, 0.2) is 42.9 Å².